The van der Waals surface area contributed by atoms with Crippen LogP contribution < -0.4 is 4.74 Å². The summed E-state index contributed by atoms with van der Waals surface area (Å²) in [4.78, 5) is 17.6. The van der Waals surface area contributed by atoms with Crippen LogP contribution in [0.25, 0.3) is 11.3 Å². The first kappa shape index (κ1) is 24.8. The number of ether oxygens (including phenoxy) is 1. The number of nitrogens with zero attached hydrogens (tertiary/aromatic N) is 3. The molecule has 0 saturated carbocycles. The van der Waals surface area contributed by atoms with E-state index in [4.69, 9.17) is 9.15 Å². The molecule has 1 N–H and O–H groups in total. The van der Waals surface area contributed by atoms with Crippen LogP contribution in [0.4, 0.5) is 0 Å². The maximum absolute atomic E-state index is 13.2. The van der Waals surface area contributed by atoms with Gasteiger partial charge in [-0.1, -0.05) is 42.5 Å². The first-order valence-electron chi connectivity index (χ1n) is 12.9. The molecule has 7 nitrogen and oxygen atoms in total. The lowest BCUT2D eigenvalue weighted by Crippen LogP contribution is -2.47. The summed E-state index contributed by atoms with van der Waals surface area (Å²) >= 11 is 0. The lowest BCUT2D eigenvalue weighted by molar-refractivity contribution is 0.0556. The van der Waals surface area contributed by atoms with Crippen molar-refractivity contribution in [3.8, 4) is 17.0 Å². The van der Waals surface area contributed by atoms with E-state index in [0.717, 1.165) is 61.5 Å². The zero-order valence-corrected chi connectivity index (χ0v) is 21.5. The van der Waals surface area contributed by atoms with Gasteiger partial charge < -0.3 is 14.1 Å². The Balaban J connectivity index is 1.29. The van der Waals surface area contributed by atoms with Crippen molar-refractivity contribution >= 4 is 5.91 Å². The number of hydrogen-bond acceptors (Lipinski definition) is 5. The molecule has 1 aliphatic heterocycles. The van der Waals surface area contributed by atoms with E-state index in [1.807, 2.05) is 36.3 Å². The minimum Gasteiger partial charge on any atom is -0.497 e. The molecular weight excluding hydrogens is 464 g/mol. The van der Waals surface area contributed by atoms with Gasteiger partial charge in [0.2, 0.25) is 0 Å². The SMILES string of the molecule is COc1cccc(C[C@@H](C2CCN(Cc3cn[nH]c3-c3ccccc3)CC2)N(C)C(=O)c2ccco2)c1. The fraction of sp³-hybridized carbons (Fsp3) is 0.333. The summed E-state index contributed by atoms with van der Waals surface area (Å²) in [5.41, 5.74) is 4.61. The Hall–Kier alpha value is -3.84. The summed E-state index contributed by atoms with van der Waals surface area (Å²) in [7, 11) is 3.59. The Kier molecular flexibility index (Phi) is 7.70. The van der Waals surface area contributed by atoms with Gasteiger partial charge in [-0.3, -0.25) is 14.8 Å². The third-order valence-corrected chi connectivity index (χ3v) is 7.48. The van der Waals surface area contributed by atoms with Gasteiger partial charge in [-0.05, 0) is 73.7 Å². The number of furan rings is 1. The van der Waals surface area contributed by atoms with E-state index in [1.54, 1.807) is 25.5 Å². The second-order valence-electron chi connectivity index (χ2n) is 9.77. The van der Waals surface area contributed by atoms with Gasteiger partial charge in [-0.2, -0.15) is 5.10 Å². The smallest absolute Gasteiger partial charge is 0.289 e. The largest absolute Gasteiger partial charge is 0.497 e. The minimum atomic E-state index is -0.0776. The molecule has 1 amide bonds. The Morgan fingerprint density at radius 3 is 2.68 bits per heavy atom. The van der Waals surface area contributed by atoms with Crippen LogP contribution in [0.15, 0.2) is 83.6 Å². The third-order valence-electron chi connectivity index (χ3n) is 7.48. The number of likely N-dealkylation sites (N-methyl/N-ethyl adjacent to an activating group) is 1. The molecule has 0 spiro atoms. The molecule has 4 aromatic rings. The molecular formula is C30H34N4O3. The van der Waals surface area contributed by atoms with Crippen LogP contribution in [-0.4, -0.2) is 59.2 Å². The Morgan fingerprint density at radius 1 is 1.14 bits per heavy atom. The quantitative estimate of drug-likeness (QED) is 0.340. The molecule has 5 rings (SSSR count). The number of likely N-dealkylation sites (tertiary alicyclic amines) is 1. The fourth-order valence-electron chi connectivity index (χ4n) is 5.41. The van der Waals surface area contributed by atoms with Crippen molar-refractivity contribution in [2.75, 3.05) is 27.2 Å². The second kappa shape index (κ2) is 11.5. The van der Waals surface area contributed by atoms with Crippen LogP contribution in [0.2, 0.25) is 0 Å². The zero-order valence-electron chi connectivity index (χ0n) is 21.5. The molecule has 0 unspecified atom stereocenters. The van der Waals surface area contributed by atoms with Gasteiger partial charge in [0.15, 0.2) is 5.76 Å². The molecule has 0 radical (unpaired) electrons. The number of methoxy groups -OCH3 is 1. The molecule has 7 heteroatoms. The Labute approximate surface area is 218 Å². The molecule has 2 aromatic heterocycles. The highest BCUT2D eigenvalue weighted by atomic mass is 16.5. The van der Waals surface area contributed by atoms with Gasteiger partial charge in [-0.15, -0.1) is 0 Å². The highest BCUT2D eigenvalue weighted by molar-refractivity contribution is 5.91. The monoisotopic (exact) mass is 498 g/mol. The summed E-state index contributed by atoms with van der Waals surface area (Å²) in [6.07, 6.45) is 6.29. The number of aromatic amines is 1. The van der Waals surface area contributed by atoms with Gasteiger partial charge in [0.1, 0.15) is 5.75 Å². The number of carbonyl (C=O) groups is 1. The molecule has 37 heavy (non-hydrogen) atoms. The van der Waals surface area contributed by atoms with Crippen molar-refractivity contribution in [2.24, 2.45) is 5.92 Å². The van der Waals surface area contributed by atoms with Gasteiger partial charge in [0.05, 0.1) is 25.3 Å². The highest BCUT2D eigenvalue weighted by Crippen LogP contribution is 2.30. The number of benzene rings is 2. The number of piperidine rings is 1. The first-order chi connectivity index (χ1) is 18.1. The van der Waals surface area contributed by atoms with E-state index in [0.29, 0.717) is 11.7 Å². The van der Waals surface area contributed by atoms with Crippen LogP contribution in [-0.2, 0) is 13.0 Å². The average molecular weight is 499 g/mol. The van der Waals surface area contributed by atoms with E-state index in [-0.39, 0.29) is 11.9 Å². The summed E-state index contributed by atoms with van der Waals surface area (Å²) in [6, 6.07) is 22.0. The van der Waals surface area contributed by atoms with Crippen molar-refractivity contribution in [2.45, 2.75) is 31.8 Å². The van der Waals surface area contributed by atoms with Crippen LogP contribution in [0.1, 0.15) is 34.5 Å². The van der Waals surface area contributed by atoms with Gasteiger partial charge in [0.25, 0.3) is 5.91 Å². The average Bonchev–Trinajstić information content (AvgIpc) is 3.65. The van der Waals surface area contributed by atoms with Gasteiger partial charge >= 0.3 is 0 Å². The lowest BCUT2D eigenvalue weighted by Gasteiger charge is -2.40. The van der Waals surface area contributed by atoms with E-state index >= 15 is 0 Å². The van der Waals surface area contributed by atoms with E-state index in [2.05, 4.69) is 51.5 Å². The zero-order chi connectivity index (χ0) is 25.6. The molecule has 1 fully saturated rings. The highest BCUT2D eigenvalue weighted by Gasteiger charge is 2.33. The van der Waals surface area contributed by atoms with Crippen LogP contribution in [0, 0.1) is 5.92 Å². The fourth-order valence-corrected chi connectivity index (χ4v) is 5.41. The molecule has 2 aromatic carbocycles. The summed E-state index contributed by atoms with van der Waals surface area (Å²) in [5, 5.41) is 7.50. The van der Waals surface area contributed by atoms with Crippen molar-refractivity contribution < 1.29 is 13.9 Å². The number of carbonyl (C=O) groups excluding carboxylic acids is 1. The maximum atomic E-state index is 13.2. The number of aromatic nitrogens is 2. The molecule has 3 heterocycles. The van der Waals surface area contributed by atoms with Crippen molar-refractivity contribution in [1.29, 1.82) is 0 Å². The second-order valence-corrected chi connectivity index (χ2v) is 9.77. The van der Waals surface area contributed by atoms with Crippen molar-refractivity contribution in [1.82, 2.24) is 20.0 Å². The van der Waals surface area contributed by atoms with Crippen molar-refractivity contribution in [3.63, 3.8) is 0 Å². The van der Waals surface area contributed by atoms with Crippen molar-refractivity contribution in [3.05, 3.63) is 96.1 Å². The number of H-pyrrole nitrogens is 1. The normalized spacial score (nSPS) is 15.4. The van der Waals surface area contributed by atoms with Crippen LogP contribution in [0.5, 0.6) is 5.75 Å². The summed E-state index contributed by atoms with van der Waals surface area (Å²) < 4.78 is 10.9. The number of nitrogens with one attached hydrogen (secondary N) is 1. The summed E-state index contributed by atoms with van der Waals surface area (Å²) in [6.45, 7) is 2.80. The topological polar surface area (TPSA) is 74.6 Å². The maximum Gasteiger partial charge on any atom is 0.289 e. The number of rotatable bonds is 9. The Morgan fingerprint density at radius 2 is 1.95 bits per heavy atom. The van der Waals surface area contributed by atoms with E-state index < -0.39 is 0 Å². The minimum absolute atomic E-state index is 0.0562. The number of hydrogen-bond donors (Lipinski definition) is 1. The molecule has 0 bridgehead atoms. The van der Waals surface area contributed by atoms with Gasteiger partial charge in [0, 0.05) is 25.2 Å². The third kappa shape index (κ3) is 5.78. The molecule has 1 atom stereocenters. The lowest BCUT2D eigenvalue weighted by atomic mass is 9.84. The first-order valence-corrected chi connectivity index (χ1v) is 12.9. The predicted molar refractivity (Wildman–Crippen MR) is 143 cm³/mol. The molecule has 1 aliphatic rings. The van der Waals surface area contributed by atoms with E-state index in [9.17, 15) is 4.79 Å². The van der Waals surface area contributed by atoms with E-state index in [1.165, 1.54) is 5.56 Å². The predicted octanol–water partition coefficient (Wildman–Crippen LogP) is 5.27. The van der Waals surface area contributed by atoms with Crippen LogP contribution in [0.3, 0.4) is 0 Å². The molecule has 0 aliphatic carbocycles. The molecule has 192 valence electrons. The Bertz CT molecular complexity index is 1280. The van der Waals surface area contributed by atoms with Gasteiger partial charge in [-0.25, -0.2) is 0 Å². The number of amides is 1. The standard InChI is InChI=1S/C30H34N4O3/c1-33(30(35)28-12-7-17-37-28)27(19-22-8-6-11-26(18-22)36-2)23-13-15-34(16-14-23)21-25-20-31-32-29(25)24-9-4-3-5-10-24/h3-12,17-18,20,23,27H,13-16,19,21H2,1-2H3,(H,31,32)/t27-/m0/s1. The summed E-state index contributed by atoms with van der Waals surface area (Å²) in [5.74, 6) is 1.51. The molecule has 1 saturated heterocycles. The van der Waals surface area contributed by atoms with Crippen LogP contribution >= 0.6 is 0 Å².